The molecule has 1 saturated heterocycles. The smallest absolute Gasteiger partial charge is 0.292 e. The van der Waals surface area contributed by atoms with E-state index in [0.717, 1.165) is 0 Å². The molecule has 0 spiro atoms. The van der Waals surface area contributed by atoms with Gasteiger partial charge >= 0.3 is 0 Å². The molecule has 2 rings (SSSR count). The van der Waals surface area contributed by atoms with E-state index in [1.165, 1.54) is 6.07 Å². The number of nitro groups is 1. The van der Waals surface area contributed by atoms with Crippen LogP contribution in [-0.2, 0) is 9.53 Å². The van der Waals surface area contributed by atoms with Crippen LogP contribution in [0.5, 0.6) is 0 Å². The number of hydrogen-bond donors (Lipinski definition) is 0. The highest BCUT2D eigenvalue weighted by Crippen LogP contribution is 2.28. The summed E-state index contributed by atoms with van der Waals surface area (Å²) in [4.78, 5) is 26.2. The monoisotopic (exact) mass is 293 g/mol. The average Bonchev–Trinajstić information content (AvgIpc) is 2.52. The summed E-state index contributed by atoms with van der Waals surface area (Å²) < 4.78 is 5.12. The third-order valence-electron chi connectivity index (χ3n) is 3.48. The van der Waals surface area contributed by atoms with Gasteiger partial charge in [-0.3, -0.25) is 14.9 Å². The van der Waals surface area contributed by atoms with E-state index in [1.54, 1.807) is 23.1 Å². The predicted octanol–water partition coefficient (Wildman–Crippen LogP) is 1.28. The fraction of sp³-hybridized carbons (Fsp3) is 0.500. The van der Waals surface area contributed by atoms with E-state index >= 15 is 0 Å². The Bertz CT molecular complexity index is 513. The Morgan fingerprint density at radius 2 is 1.95 bits per heavy atom. The number of hydrogen-bond acceptors (Lipinski definition) is 5. The summed E-state index contributed by atoms with van der Waals surface area (Å²) in [6.45, 7) is 4.74. The minimum atomic E-state index is -0.373. The summed E-state index contributed by atoms with van der Waals surface area (Å²) in [5, 5.41) is 11.1. The minimum absolute atomic E-state index is 0.0286. The number of amides is 1. The van der Waals surface area contributed by atoms with Gasteiger partial charge in [0.15, 0.2) is 0 Å². The van der Waals surface area contributed by atoms with Gasteiger partial charge in [0.05, 0.1) is 4.92 Å². The molecule has 0 atom stereocenters. The van der Waals surface area contributed by atoms with E-state index in [2.05, 4.69) is 0 Å². The maximum absolute atomic E-state index is 11.8. The summed E-state index contributed by atoms with van der Waals surface area (Å²) in [5.74, 6) is -0.0286. The number of piperazine rings is 1. The molecule has 0 N–H and O–H groups in total. The first-order valence-corrected chi connectivity index (χ1v) is 6.97. The molecule has 0 aromatic heterocycles. The highest BCUT2D eigenvalue weighted by Gasteiger charge is 2.25. The van der Waals surface area contributed by atoms with Crippen LogP contribution in [0.2, 0.25) is 0 Å². The molecule has 7 heteroatoms. The molecule has 1 aliphatic heterocycles. The zero-order chi connectivity index (χ0) is 15.2. The van der Waals surface area contributed by atoms with Crippen molar-refractivity contribution >= 4 is 17.3 Å². The number of benzene rings is 1. The Hall–Kier alpha value is -2.15. The van der Waals surface area contributed by atoms with Gasteiger partial charge in [0.2, 0.25) is 5.91 Å². The van der Waals surface area contributed by atoms with E-state index in [0.29, 0.717) is 38.5 Å². The molecule has 0 saturated carbocycles. The van der Waals surface area contributed by atoms with Crippen LogP contribution >= 0.6 is 0 Å². The number of anilines is 1. The van der Waals surface area contributed by atoms with Crippen LogP contribution in [0.1, 0.15) is 6.92 Å². The lowest BCUT2D eigenvalue weighted by Gasteiger charge is -2.35. The van der Waals surface area contributed by atoms with Crippen molar-refractivity contribution in [2.75, 3.05) is 44.3 Å². The summed E-state index contributed by atoms with van der Waals surface area (Å²) in [6.07, 6.45) is 0. The molecule has 1 aliphatic rings. The summed E-state index contributed by atoms with van der Waals surface area (Å²) in [7, 11) is 0. The van der Waals surface area contributed by atoms with Crippen LogP contribution in [0.25, 0.3) is 0 Å². The lowest BCUT2D eigenvalue weighted by molar-refractivity contribution is -0.384. The van der Waals surface area contributed by atoms with E-state index in [9.17, 15) is 14.9 Å². The number of ether oxygens (including phenoxy) is 1. The molecule has 0 aliphatic carbocycles. The van der Waals surface area contributed by atoms with Crippen molar-refractivity contribution in [3.8, 4) is 0 Å². The van der Waals surface area contributed by atoms with Gasteiger partial charge in [-0.05, 0) is 13.0 Å². The van der Waals surface area contributed by atoms with E-state index < -0.39 is 0 Å². The fourth-order valence-corrected chi connectivity index (χ4v) is 2.36. The van der Waals surface area contributed by atoms with Crippen LogP contribution in [-0.4, -0.2) is 55.1 Å². The number of nitro benzene ring substituents is 1. The molecule has 114 valence electrons. The second-order valence-electron chi connectivity index (χ2n) is 4.75. The number of carbonyl (C=O) groups excluding carboxylic acids is 1. The molecule has 1 aromatic carbocycles. The molecule has 0 bridgehead atoms. The van der Waals surface area contributed by atoms with Crippen LogP contribution in [0, 0.1) is 10.1 Å². The summed E-state index contributed by atoms with van der Waals surface area (Å²) >= 11 is 0. The topological polar surface area (TPSA) is 75.9 Å². The highest BCUT2D eigenvalue weighted by molar-refractivity contribution is 5.78. The summed E-state index contributed by atoms with van der Waals surface area (Å²) in [5.41, 5.74) is 0.714. The van der Waals surface area contributed by atoms with E-state index in [4.69, 9.17) is 4.74 Å². The van der Waals surface area contributed by atoms with Gasteiger partial charge in [-0.2, -0.15) is 0 Å². The average molecular weight is 293 g/mol. The first-order valence-electron chi connectivity index (χ1n) is 6.97. The van der Waals surface area contributed by atoms with Gasteiger partial charge in [0, 0.05) is 38.9 Å². The largest absolute Gasteiger partial charge is 0.372 e. The van der Waals surface area contributed by atoms with Crippen molar-refractivity contribution in [2.24, 2.45) is 0 Å². The van der Waals surface area contributed by atoms with Crippen molar-refractivity contribution in [2.45, 2.75) is 6.92 Å². The molecule has 1 amide bonds. The molecule has 21 heavy (non-hydrogen) atoms. The highest BCUT2D eigenvalue weighted by atomic mass is 16.6. The quantitative estimate of drug-likeness (QED) is 0.604. The van der Waals surface area contributed by atoms with Crippen molar-refractivity contribution in [3.63, 3.8) is 0 Å². The van der Waals surface area contributed by atoms with E-state index in [1.807, 2.05) is 11.8 Å². The Morgan fingerprint density at radius 1 is 1.29 bits per heavy atom. The van der Waals surface area contributed by atoms with Crippen LogP contribution in [0.15, 0.2) is 24.3 Å². The van der Waals surface area contributed by atoms with Gasteiger partial charge < -0.3 is 14.5 Å². The number of carbonyl (C=O) groups is 1. The fourth-order valence-electron chi connectivity index (χ4n) is 2.36. The van der Waals surface area contributed by atoms with Crippen molar-refractivity contribution in [1.82, 2.24) is 4.90 Å². The zero-order valence-corrected chi connectivity index (χ0v) is 12.0. The standard InChI is InChI=1S/C14H19N3O4/c1-2-21-11-14(18)16-9-7-15(8-10-16)12-5-3-4-6-13(12)17(19)20/h3-6H,2,7-11H2,1H3. The molecular weight excluding hydrogens is 274 g/mol. The minimum Gasteiger partial charge on any atom is -0.372 e. The Morgan fingerprint density at radius 3 is 2.57 bits per heavy atom. The van der Waals surface area contributed by atoms with Crippen LogP contribution < -0.4 is 4.90 Å². The van der Waals surface area contributed by atoms with Gasteiger partial charge in [0.25, 0.3) is 5.69 Å². The first kappa shape index (κ1) is 15.2. The van der Waals surface area contributed by atoms with Crippen LogP contribution in [0.4, 0.5) is 11.4 Å². The second kappa shape index (κ2) is 7.03. The molecule has 7 nitrogen and oxygen atoms in total. The Balaban J connectivity index is 1.98. The zero-order valence-electron chi connectivity index (χ0n) is 12.0. The van der Waals surface area contributed by atoms with Crippen molar-refractivity contribution < 1.29 is 14.5 Å². The van der Waals surface area contributed by atoms with Gasteiger partial charge in [-0.1, -0.05) is 12.1 Å². The lowest BCUT2D eigenvalue weighted by atomic mass is 10.2. The second-order valence-corrected chi connectivity index (χ2v) is 4.75. The number of nitrogens with zero attached hydrogens (tertiary/aromatic N) is 3. The lowest BCUT2D eigenvalue weighted by Crippen LogP contribution is -2.49. The van der Waals surface area contributed by atoms with Gasteiger partial charge in [-0.15, -0.1) is 0 Å². The molecule has 0 unspecified atom stereocenters. The summed E-state index contributed by atoms with van der Waals surface area (Å²) in [6, 6.07) is 6.69. The van der Waals surface area contributed by atoms with Gasteiger partial charge in [0.1, 0.15) is 12.3 Å². The van der Waals surface area contributed by atoms with Crippen LogP contribution in [0.3, 0.4) is 0 Å². The molecule has 1 aromatic rings. The molecule has 1 heterocycles. The van der Waals surface area contributed by atoms with E-state index in [-0.39, 0.29) is 23.1 Å². The Kier molecular flexibility index (Phi) is 5.10. The maximum Gasteiger partial charge on any atom is 0.292 e. The molecular formula is C14H19N3O4. The first-order chi connectivity index (χ1) is 10.1. The maximum atomic E-state index is 11.8. The predicted molar refractivity (Wildman–Crippen MR) is 78.4 cm³/mol. The SMILES string of the molecule is CCOCC(=O)N1CCN(c2ccccc2[N+](=O)[O-])CC1. The van der Waals surface area contributed by atoms with Crippen molar-refractivity contribution in [3.05, 3.63) is 34.4 Å². The third kappa shape index (κ3) is 3.69. The molecule has 0 radical (unpaired) electrons. The van der Waals surface area contributed by atoms with Gasteiger partial charge in [-0.25, -0.2) is 0 Å². The third-order valence-corrected chi connectivity index (χ3v) is 3.48. The molecule has 1 fully saturated rings. The normalized spacial score (nSPS) is 15.1. The Labute approximate surface area is 123 Å². The van der Waals surface area contributed by atoms with Crippen molar-refractivity contribution in [1.29, 1.82) is 0 Å². The number of para-hydroxylation sites is 2. The number of rotatable bonds is 5.